The Morgan fingerprint density at radius 3 is 2.92 bits per heavy atom. The summed E-state index contributed by atoms with van der Waals surface area (Å²) in [4.78, 5) is 24.2. The van der Waals surface area contributed by atoms with E-state index in [1.165, 1.54) is 18.5 Å². The lowest BCUT2D eigenvalue weighted by atomic mass is 10.2. The van der Waals surface area contributed by atoms with Crippen LogP contribution in [0.25, 0.3) is 0 Å². The summed E-state index contributed by atoms with van der Waals surface area (Å²) in [5, 5.41) is 8.41. The molecule has 0 saturated carbocycles. The number of carbonyl (C=O) groups is 2. The van der Waals surface area contributed by atoms with E-state index in [1.54, 1.807) is 0 Å². The van der Waals surface area contributed by atoms with E-state index in [-0.39, 0.29) is 6.42 Å². The van der Waals surface area contributed by atoms with E-state index in [9.17, 15) is 9.59 Å². The van der Waals surface area contributed by atoms with Crippen LogP contribution in [0.4, 0.5) is 0 Å². The molecule has 1 heterocycles. The molecule has 12 heavy (non-hydrogen) atoms. The first-order chi connectivity index (χ1) is 5.72. The highest BCUT2D eigenvalue weighted by Crippen LogP contribution is 2.00. The summed E-state index contributed by atoms with van der Waals surface area (Å²) in [6.45, 7) is 0. The van der Waals surface area contributed by atoms with Gasteiger partial charge in [0.15, 0.2) is 6.29 Å². The van der Waals surface area contributed by atoms with Gasteiger partial charge in [-0.05, 0) is 11.6 Å². The number of carboxylic acids is 1. The monoisotopic (exact) mass is 165 g/mol. The maximum atomic E-state index is 10.3. The van der Waals surface area contributed by atoms with E-state index in [1.807, 2.05) is 0 Å². The molecule has 0 fully saturated rings. The molecule has 1 aromatic rings. The molecule has 1 N–H and O–H groups in total. The van der Waals surface area contributed by atoms with Crippen molar-refractivity contribution in [1.82, 2.24) is 4.98 Å². The summed E-state index contributed by atoms with van der Waals surface area (Å²) in [7, 11) is 0. The smallest absolute Gasteiger partial charge is 0.307 e. The van der Waals surface area contributed by atoms with Crippen LogP contribution in [0.15, 0.2) is 18.5 Å². The largest absolute Gasteiger partial charge is 0.481 e. The Bertz CT molecular complexity index is 309. The van der Waals surface area contributed by atoms with Crippen molar-refractivity contribution < 1.29 is 14.7 Å². The number of pyridine rings is 1. The molecule has 0 aliphatic carbocycles. The summed E-state index contributed by atoms with van der Waals surface area (Å²) in [6.07, 6.45) is 3.35. The molecule has 0 aromatic carbocycles. The van der Waals surface area contributed by atoms with Gasteiger partial charge in [-0.3, -0.25) is 14.6 Å². The van der Waals surface area contributed by atoms with E-state index in [0.717, 1.165) is 0 Å². The normalized spacial score (nSPS) is 9.33. The predicted octanol–water partition coefficient (Wildman–Crippen LogP) is 0.521. The number of hydrogen-bond donors (Lipinski definition) is 1. The fourth-order valence-corrected chi connectivity index (χ4v) is 0.843. The average molecular weight is 165 g/mol. The van der Waals surface area contributed by atoms with Gasteiger partial charge in [0.05, 0.1) is 6.42 Å². The van der Waals surface area contributed by atoms with Crippen LogP contribution in [-0.4, -0.2) is 22.3 Å². The minimum atomic E-state index is -0.931. The van der Waals surface area contributed by atoms with Crippen molar-refractivity contribution in [3.05, 3.63) is 29.6 Å². The molecular weight excluding hydrogens is 158 g/mol. The van der Waals surface area contributed by atoms with Gasteiger partial charge >= 0.3 is 5.97 Å². The molecule has 0 spiro atoms. The van der Waals surface area contributed by atoms with Crippen LogP contribution in [0.5, 0.6) is 0 Å². The third-order valence-electron chi connectivity index (χ3n) is 1.31. The van der Waals surface area contributed by atoms with Gasteiger partial charge in [-0.1, -0.05) is 0 Å². The van der Waals surface area contributed by atoms with Gasteiger partial charge in [-0.25, -0.2) is 0 Å². The zero-order chi connectivity index (χ0) is 8.97. The number of carbonyl (C=O) groups excluding carboxylic acids is 1. The molecule has 4 heteroatoms. The highest BCUT2D eigenvalue weighted by atomic mass is 16.4. The van der Waals surface area contributed by atoms with E-state index >= 15 is 0 Å². The Labute approximate surface area is 68.9 Å². The summed E-state index contributed by atoms with van der Waals surface area (Å²) >= 11 is 0. The summed E-state index contributed by atoms with van der Waals surface area (Å²) in [6, 6.07) is 1.51. The van der Waals surface area contributed by atoms with Crippen LogP contribution in [0.2, 0.25) is 0 Å². The molecule has 0 bridgehead atoms. The van der Waals surface area contributed by atoms with Crippen molar-refractivity contribution in [1.29, 1.82) is 0 Å². The number of carboxylic acid groups (broad SMARTS) is 1. The molecule has 0 unspecified atom stereocenters. The van der Waals surface area contributed by atoms with Crippen LogP contribution in [-0.2, 0) is 11.2 Å². The Morgan fingerprint density at radius 1 is 1.58 bits per heavy atom. The van der Waals surface area contributed by atoms with Crippen LogP contribution in [0, 0.1) is 0 Å². The van der Waals surface area contributed by atoms with Crippen LogP contribution in [0.3, 0.4) is 0 Å². The van der Waals surface area contributed by atoms with Crippen molar-refractivity contribution in [2.75, 3.05) is 0 Å². The molecule has 62 valence electrons. The molecule has 0 saturated heterocycles. The second kappa shape index (κ2) is 3.61. The lowest BCUT2D eigenvalue weighted by Crippen LogP contribution is -2.00. The van der Waals surface area contributed by atoms with Crippen molar-refractivity contribution in [2.24, 2.45) is 0 Å². The van der Waals surface area contributed by atoms with Gasteiger partial charge in [0.2, 0.25) is 0 Å². The molecular formula is C8H7NO3. The molecule has 0 aliphatic rings. The molecule has 0 atom stereocenters. The van der Waals surface area contributed by atoms with Crippen molar-refractivity contribution in [3.63, 3.8) is 0 Å². The van der Waals surface area contributed by atoms with Gasteiger partial charge in [0.25, 0.3) is 0 Å². The maximum Gasteiger partial charge on any atom is 0.307 e. The fourth-order valence-electron chi connectivity index (χ4n) is 0.843. The van der Waals surface area contributed by atoms with Gasteiger partial charge in [0.1, 0.15) is 0 Å². The average Bonchev–Trinajstić information content (AvgIpc) is 2.03. The van der Waals surface area contributed by atoms with Gasteiger partial charge in [0, 0.05) is 18.0 Å². The number of aliphatic carboxylic acids is 1. The number of nitrogens with zero attached hydrogens (tertiary/aromatic N) is 1. The molecule has 1 aromatic heterocycles. The van der Waals surface area contributed by atoms with E-state index in [0.29, 0.717) is 17.4 Å². The summed E-state index contributed by atoms with van der Waals surface area (Å²) in [5.74, 6) is -0.931. The Kier molecular flexibility index (Phi) is 2.53. The summed E-state index contributed by atoms with van der Waals surface area (Å²) < 4.78 is 0. The third kappa shape index (κ3) is 2.16. The number of hydrogen-bond acceptors (Lipinski definition) is 3. The van der Waals surface area contributed by atoms with Crippen LogP contribution < -0.4 is 0 Å². The van der Waals surface area contributed by atoms with Crippen LogP contribution >= 0.6 is 0 Å². The minimum Gasteiger partial charge on any atom is -0.481 e. The second-order valence-corrected chi connectivity index (χ2v) is 2.31. The van der Waals surface area contributed by atoms with Gasteiger partial charge in [-0.2, -0.15) is 0 Å². The van der Waals surface area contributed by atoms with Crippen molar-refractivity contribution >= 4 is 12.3 Å². The first kappa shape index (κ1) is 8.39. The molecule has 0 amide bonds. The highest BCUT2D eigenvalue weighted by Gasteiger charge is 2.00. The fraction of sp³-hybridized carbons (Fsp3) is 0.125. The Balaban J connectivity index is 2.86. The SMILES string of the molecule is O=Cc1cncc(CC(=O)O)c1. The zero-order valence-corrected chi connectivity index (χ0v) is 6.23. The third-order valence-corrected chi connectivity index (χ3v) is 1.31. The molecule has 4 nitrogen and oxygen atoms in total. The maximum absolute atomic E-state index is 10.3. The lowest BCUT2D eigenvalue weighted by Gasteiger charge is -1.95. The second-order valence-electron chi connectivity index (χ2n) is 2.31. The molecule has 0 aliphatic heterocycles. The lowest BCUT2D eigenvalue weighted by molar-refractivity contribution is -0.136. The van der Waals surface area contributed by atoms with Crippen LogP contribution in [0.1, 0.15) is 15.9 Å². The molecule has 0 radical (unpaired) electrons. The van der Waals surface area contributed by atoms with E-state index < -0.39 is 5.97 Å². The summed E-state index contributed by atoms with van der Waals surface area (Å²) in [5.41, 5.74) is 0.931. The predicted molar refractivity (Wildman–Crippen MR) is 41.0 cm³/mol. The van der Waals surface area contributed by atoms with E-state index in [2.05, 4.69) is 4.98 Å². The number of rotatable bonds is 3. The number of aldehydes is 1. The van der Waals surface area contributed by atoms with Gasteiger partial charge < -0.3 is 5.11 Å². The zero-order valence-electron chi connectivity index (χ0n) is 6.23. The van der Waals surface area contributed by atoms with Gasteiger partial charge in [-0.15, -0.1) is 0 Å². The van der Waals surface area contributed by atoms with Crippen molar-refractivity contribution in [2.45, 2.75) is 6.42 Å². The topological polar surface area (TPSA) is 67.3 Å². The molecule has 1 rings (SSSR count). The first-order valence-corrected chi connectivity index (χ1v) is 3.33. The first-order valence-electron chi connectivity index (χ1n) is 3.33. The Morgan fingerprint density at radius 2 is 2.33 bits per heavy atom. The Hall–Kier alpha value is -1.71. The highest BCUT2D eigenvalue weighted by molar-refractivity contribution is 5.75. The quantitative estimate of drug-likeness (QED) is 0.663. The standard InChI is InChI=1S/C8H7NO3/c10-5-7-1-6(2-8(11)12)3-9-4-7/h1,3-5H,2H2,(H,11,12). The van der Waals surface area contributed by atoms with Crippen molar-refractivity contribution in [3.8, 4) is 0 Å². The minimum absolute atomic E-state index is 0.103. The van der Waals surface area contributed by atoms with E-state index in [4.69, 9.17) is 5.11 Å². The number of aromatic nitrogens is 1.